The molecule has 1 atom stereocenters. The molecule has 0 bridgehead atoms. The second kappa shape index (κ2) is 7.42. The minimum absolute atomic E-state index is 0.0244. The lowest BCUT2D eigenvalue weighted by Gasteiger charge is -2.29. The largest absolute Gasteiger partial charge is 0.478 e. The van der Waals surface area contributed by atoms with Crippen LogP contribution in [0, 0.1) is 0 Å². The molecule has 7 heteroatoms. The van der Waals surface area contributed by atoms with E-state index in [0.717, 1.165) is 19.6 Å². The van der Waals surface area contributed by atoms with Crippen molar-refractivity contribution in [2.75, 3.05) is 25.0 Å². The summed E-state index contributed by atoms with van der Waals surface area (Å²) >= 11 is 1.21. The van der Waals surface area contributed by atoms with Crippen molar-refractivity contribution in [1.82, 2.24) is 10.2 Å². The fraction of sp³-hybridized carbons (Fsp3) is 0.571. The van der Waals surface area contributed by atoms with Gasteiger partial charge in [-0.05, 0) is 44.3 Å². The summed E-state index contributed by atoms with van der Waals surface area (Å²) in [5, 5.41) is 16.5. The molecule has 21 heavy (non-hydrogen) atoms. The summed E-state index contributed by atoms with van der Waals surface area (Å²) in [7, 11) is 0. The molecule has 2 rings (SSSR count). The number of hydrogen-bond donors (Lipinski definition) is 3. The first kappa shape index (κ1) is 15.8. The van der Waals surface area contributed by atoms with Gasteiger partial charge in [0.25, 0.3) is 0 Å². The lowest BCUT2D eigenvalue weighted by atomic mass is 10.1. The summed E-state index contributed by atoms with van der Waals surface area (Å²) in [5.74, 6) is -1.03. The van der Waals surface area contributed by atoms with Crippen molar-refractivity contribution in [2.45, 2.75) is 32.2 Å². The van der Waals surface area contributed by atoms with Gasteiger partial charge in [-0.25, -0.2) is 9.59 Å². The average Bonchev–Trinajstić information content (AvgIpc) is 2.87. The Morgan fingerprint density at radius 2 is 2.10 bits per heavy atom. The maximum Gasteiger partial charge on any atom is 0.338 e. The van der Waals surface area contributed by atoms with Crippen LogP contribution >= 0.6 is 11.3 Å². The smallest absolute Gasteiger partial charge is 0.338 e. The first-order chi connectivity index (χ1) is 10.1. The SMILES string of the molecule is CC(CN1CCCCC1)NC(=O)Nc1sccc1C(=O)O. The Morgan fingerprint density at radius 1 is 1.38 bits per heavy atom. The van der Waals surface area contributed by atoms with E-state index in [1.54, 1.807) is 5.38 Å². The highest BCUT2D eigenvalue weighted by molar-refractivity contribution is 7.14. The molecule has 116 valence electrons. The van der Waals surface area contributed by atoms with Crippen LogP contribution in [0.2, 0.25) is 0 Å². The van der Waals surface area contributed by atoms with Crippen LogP contribution in [0.5, 0.6) is 0 Å². The zero-order chi connectivity index (χ0) is 15.2. The number of piperidine rings is 1. The highest BCUT2D eigenvalue weighted by Gasteiger charge is 2.17. The summed E-state index contributed by atoms with van der Waals surface area (Å²) < 4.78 is 0. The Bertz CT molecular complexity index is 497. The van der Waals surface area contributed by atoms with Crippen LogP contribution in [0.25, 0.3) is 0 Å². The molecule has 6 nitrogen and oxygen atoms in total. The van der Waals surface area contributed by atoms with E-state index in [-0.39, 0.29) is 17.6 Å². The summed E-state index contributed by atoms with van der Waals surface area (Å²) in [6.45, 7) is 4.95. The molecule has 0 aliphatic carbocycles. The van der Waals surface area contributed by atoms with Crippen LogP contribution in [-0.2, 0) is 0 Å². The van der Waals surface area contributed by atoms with Crippen molar-refractivity contribution in [3.63, 3.8) is 0 Å². The van der Waals surface area contributed by atoms with Gasteiger partial charge in [-0.1, -0.05) is 6.42 Å². The van der Waals surface area contributed by atoms with Crippen LogP contribution in [0.3, 0.4) is 0 Å². The third kappa shape index (κ3) is 4.71. The van der Waals surface area contributed by atoms with Gasteiger partial charge in [-0.2, -0.15) is 0 Å². The van der Waals surface area contributed by atoms with Gasteiger partial charge < -0.3 is 15.3 Å². The molecule has 1 saturated heterocycles. The van der Waals surface area contributed by atoms with Gasteiger partial charge in [0, 0.05) is 12.6 Å². The van der Waals surface area contributed by atoms with Crippen LogP contribution in [-0.4, -0.2) is 47.7 Å². The number of urea groups is 1. The van der Waals surface area contributed by atoms with E-state index in [4.69, 9.17) is 5.11 Å². The molecule has 1 aromatic rings. The zero-order valence-corrected chi connectivity index (χ0v) is 12.9. The molecule has 0 saturated carbocycles. The van der Waals surface area contributed by atoms with Gasteiger partial charge in [0.1, 0.15) is 5.00 Å². The van der Waals surface area contributed by atoms with E-state index in [0.29, 0.717) is 5.00 Å². The quantitative estimate of drug-likeness (QED) is 0.780. The van der Waals surface area contributed by atoms with Gasteiger partial charge in [0.05, 0.1) is 5.56 Å². The number of carboxylic acids is 1. The minimum Gasteiger partial charge on any atom is -0.478 e. The molecule has 2 heterocycles. The first-order valence-electron chi connectivity index (χ1n) is 7.17. The summed E-state index contributed by atoms with van der Waals surface area (Å²) in [6.07, 6.45) is 3.72. The van der Waals surface area contributed by atoms with E-state index in [1.165, 1.54) is 36.7 Å². The van der Waals surface area contributed by atoms with Gasteiger partial charge >= 0.3 is 12.0 Å². The van der Waals surface area contributed by atoms with Gasteiger partial charge in [0.2, 0.25) is 0 Å². The average molecular weight is 311 g/mol. The van der Waals surface area contributed by atoms with Crippen molar-refractivity contribution in [1.29, 1.82) is 0 Å². The molecule has 1 aliphatic rings. The standard InChI is InChI=1S/C14H21N3O3S/c1-10(9-17-6-3-2-4-7-17)15-14(20)16-12-11(13(18)19)5-8-21-12/h5,8,10H,2-4,6-7,9H2,1H3,(H,18,19)(H2,15,16,20). The molecule has 0 aromatic carbocycles. The molecule has 1 aliphatic heterocycles. The van der Waals surface area contributed by atoms with Crippen LogP contribution < -0.4 is 10.6 Å². The fourth-order valence-electron chi connectivity index (χ4n) is 2.51. The Hall–Kier alpha value is -1.60. The van der Waals surface area contributed by atoms with Crippen molar-refractivity contribution in [3.05, 3.63) is 17.0 Å². The maximum atomic E-state index is 11.9. The molecule has 2 amide bonds. The number of thiophene rings is 1. The van der Waals surface area contributed by atoms with E-state index in [9.17, 15) is 9.59 Å². The summed E-state index contributed by atoms with van der Waals surface area (Å²) in [4.78, 5) is 25.2. The zero-order valence-electron chi connectivity index (χ0n) is 12.1. The van der Waals surface area contributed by atoms with E-state index >= 15 is 0 Å². The topological polar surface area (TPSA) is 81.7 Å². The number of carboxylic acid groups (broad SMARTS) is 1. The van der Waals surface area contributed by atoms with Crippen LogP contribution in [0.15, 0.2) is 11.4 Å². The van der Waals surface area contributed by atoms with E-state index in [2.05, 4.69) is 15.5 Å². The van der Waals surface area contributed by atoms with Crippen molar-refractivity contribution in [2.24, 2.45) is 0 Å². The lowest BCUT2D eigenvalue weighted by molar-refractivity contribution is 0.0698. The minimum atomic E-state index is -1.03. The molecule has 1 fully saturated rings. The van der Waals surface area contributed by atoms with Crippen LogP contribution in [0.1, 0.15) is 36.5 Å². The number of amides is 2. The summed E-state index contributed by atoms with van der Waals surface area (Å²) in [5.41, 5.74) is 0.124. The number of rotatable bonds is 5. The first-order valence-corrected chi connectivity index (χ1v) is 8.05. The molecule has 3 N–H and O–H groups in total. The predicted octanol–water partition coefficient (Wildman–Crippen LogP) is 2.44. The second-order valence-corrected chi connectivity index (χ2v) is 6.25. The van der Waals surface area contributed by atoms with Crippen LogP contribution in [0.4, 0.5) is 9.80 Å². The molecule has 0 radical (unpaired) electrons. The Kier molecular flexibility index (Phi) is 5.58. The highest BCUT2D eigenvalue weighted by Crippen LogP contribution is 2.22. The third-order valence-electron chi connectivity index (χ3n) is 3.48. The van der Waals surface area contributed by atoms with E-state index in [1.807, 2.05) is 6.92 Å². The molecular formula is C14H21N3O3S. The fourth-order valence-corrected chi connectivity index (χ4v) is 3.29. The maximum absolute atomic E-state index is 11.9. The molecule has 1 unspecified atom stereocenters. The highest BCUT2D eigenvalue weighted by atomic mass is 32.1. The normalized spacial score (nSPS) is 17.2. The van der Waals surface area contributed by atoms with E-state index < -0.39 is 5.97 Å². The molecule has 0 spiro atoms. The van der Waals surface area contributed by atoms with Gasteiger partial charge in [0.15, 0.2) is 0 Å². The number of anilines is 1. The number of nitrogens with one attached hydrogen (secondary N) is 2. The predicted molar refractivity (Wildman–Crippen MR) is 83.2 cm³/mol. The van der Waals surface area contributed by atoms with Gasteiger partial charge in [-0.15, -0.1) is 11.3 Å². The van der Waals surface area contributed by atoms with Gasteiger partial charge in [-0.3, -0.25) is 5.32 Å². The monoisotopic (exact) mass is 311 g/mol. The molecular weight excluding hydrogens is 290 g/mol. The lowest BCUT2D eigenvalue weighted by Crippen LogP contribution is -2.45. The van der Waals surface area contributed by atoms with Crippen molar-refractivity contribution < 1.29 is 14.7 Å². The Labute approximate surface area is 128 Å². The van der Waals surface area contributed by atoms with Crippen molar-refractivity contribution >= 4 is 28.3 Å². The third-order valence-corrected chi connectivity index (χ3v) is 4.31. The number of hydrogen-bond acceptors (Lipinski definition) is 4. The number of likely N-dealkylation sites (tertiary alicyclic amines) is 1. The number of carbonyl (C=O) groups is 2. The molecule has 1 aromatic heterocycles. The second-order valence-electron chi connectivity index (χ2n) is 5.33. The number of nitrogens with zero attached hydrogens (tertiary/aromatic N) is 1. The summed E-state index contributed by atoms with van der Waals surface area (Å²) in [6, 6.07) is 1.15. The Balaban J connectivity index is 1.80. The number of aromatic carboxylic acids is 1. The van der Waals surface area contributed by atoms with Crippen molar-refractivity contribution in [3.8, 4) is 0 Å². The number of carbonyl (C=O) groups excluding carboxylic acids is 1. The Morgan fingerprint density at radius 3 is 2.76 bits per heavy atom.